The van der Waals surface area contributed by atoms with E-state index in [-0.39, 0.29) is 23.9 Å². The van der Waals surface area contributed by atoms with Gasteiger partial charge in [0.2, 0.25) is 5.91 Å². The fourth-order valence-corrected chi connectivity index (χ4v) is 3.56. The second kappa shape index (κ2) is 7.55. The lowest BCUT2D eigenvalue weighted by atomic mass is 10.0. The molecule has 3 rings (SSSR count). The summed E-state index contributed by atoms with van der Waals surface area (Å²) in [7, 11) is 1.79. The predicted molar refractivity (Wildman–Crippen MR) is 106 cm³/mol. The molecule has 1 aliphatic rings. The van der Waals surface area contributed by atoms with E-state index in [0.717, 1.165) is 16.8 Å². The quantitative estimate of drug-likeness (QED) is 0.833. The van der Waals surface area contributed by atoms with Gasteiger partial charge in [0, 0.05) is 43.5 Å². The number of carbonyl (C=O) groups excluding carboxylic acids is 2. The van der Waals surface area contributed by atoms with Gasteiger partial charge in [0.05, 0.1) is 5.69 Å². The van der Waals surface area contributed by atoms with Gasteiger partial charge in [0.25, 0.3) is 5.91 Å². The highest BCUT2D eigenvalue weighted by atomic mass is 16.2. The van der Waals surface area contributed by atoms with Crippen molar-refractivity contribution in [2.75, 3.05) is 20.1 Å². The molecule has 0 aliphatic carbocycles. The third-order valence-corrected chi connectivity index (χ3v) is 5.23. The van der Waals surface area contributed by atoms with Gasteiger partial charge in [0.1, 0.15) is 6.04 Å². The van der Waals surface area contributed by atoms with E-state index in [9.17, 15) is 9.59 Å². The summed E-state index contributed by atoms with van der Waals surface area (Å²) in [5.41, 5.74) is 3.55. The van der Waals surface area contributed by atoms with E-state index in [4.69, 9.17) is 0 Å². The lowest BCUT2D eigenvalue weighted by molar-refractivity contribution is -0.138. The molecule has 0 spiro atoms. The van der Waals surface area contributed by atoms with Gasteiger partial charge in [-0.3, -0.25) is 14.3 Å². The average Bonchev–Trinajstić information content (AvgIpc) is 3.05. The lowest BCUT2D eigenvalue weighted by Crippen LogP contribution is -2.57. The number of amides is 2. The fraction of sp³-hybridized carbons (Fsp3) is 0.476. The molecule has 6 nitrogen and oxygen atoms in total. The standard InChI is InChI=1S/C21H28N4O2/c1-6-19-21(27)23(5)10-11-24(19)20(26)17-9-7-8-16(12-17)18-13-25(14(2)3)22-15(18)4/h7-9,12-14,19H,6,10-11H2,1-5H3/t19-/m0/s1. The normalized spacial score (nSPS) is 17.7. The van der Waals surface area contributed by atoms with E-state index in [1.165, 1.54) is 0 Å². The Morgan fingerprint density at radius 1 is 1.30 bits per heavy atom. The topological polar surface area (TPSA) is 58.4 Å². The Kier molecular flexibility index (Phi) is 5.35. The van der Waals surface area contributed by atoms with Crippen LogP contribution in [0.15, 0.2) is 30.5 Å². The molecule has 1 aliphatic heterocycles. The summed E-state index contributed by atoms with van der Waals surface area (Å²) in [6.45, 7) is 9.24. The van der Waals surface area contributed by atoms with Crippen LogP contribution in [-0.4, -0.2) is 57.6 Å². The van der Waals surface area contributed by atoms with Gasteiger partial charge in [-0.25, -0.2) is 0 Å². The Labute approximate surface area is 160 Å². The van der Waals surface area contributed by atoms with Crippen LogP contribution in [0.4, 0.5) is 0 Å². The van der Waals surface area contributed by atoms with Crippen LogP contribution < -0.4 is 0 Å². The van der Waals surface area contributed by atoms with Gasteiger partial charge >= 0.3 is 0 Å². The monoisotopic (exact) mass is 368 g/mol. The van der Waals surface area contributed by atoms with Crippen molar-refractivity contribution in [3.8, 4) is 11.1 Å². The smallest absolute Gasteiger partial charge is 0.254 e. The number of rotatable bonds is 4. The molecule has 1 atom stereocenters. The lowest BCUT2D eigenvalue weighted by Gasteiger charge is -2.38. The molecule has 1 fully saturated rings. The van der Waals surface area contributed by atoms with Crippen LogP contribution in [0.1, 0.15) is 49.3 Å². The summed E-state index contributed by atoms with van der Waals surface area (Å²) in [4.78, 5) is 29.0. The van der Waals surface area contributed by atoms with Crippen molar-refractivity contribution in [3.63, 3.8) is 0 Å². The fourth-order valence-electron chi connectivity index (χ4n) is 3.56. The third-order valence-electron chi connectivity index (χ3n) is 5.23. The summed E-state index contributed by atoms with van der Waals surface area (Å²) >= 11 is 0. The predicted octanol–water partition coefficient (Wildman–Crippen LogP) is 3.13. The Balaban J connectivity index is 1.91. The van der Waals surface area contributed by atoms with E-state index in [0.29, 0.717) is 25.1 Å². The molecular weight excluding hydrogens is 340 g/mol. The van der Waals surface area contributed by atoms with Gasteiger partial charge in [-0.2, -0.15) is 5.10 Å². The van der Waals surface area contributed by atoms with E-state index < -0.39 is 0 Å². The zero-order valence-corrected chi connectivity index (χ0v) is 16.8. The number of likely N-dealkylation sites (N-methyl/N-ethyl adjacent to an activating group) is 1. The Hall–Kier alpha value is -2.63. The second-order valence-electron chi connectivity index (χ2n) is 7.47. The van der Waals surface area contributed by atoms with Crippen LogP contribution in [0.3, 0.4) is 0 Å². The minimum Gasteiger partial charge on any atom is -0.342 e. The molecule has 1 aromatic carbocycles. The van der Waals surface area contributed by atoms with E-state index in [1.54, 1.807) is 16.8 Å². The molecule has 0 unspecified atom stereocenters. The number of hydrogen-bond acceptors (Lipinski definition) is 3. The van der Waals surface area contributed by atoms with Crippen molar-refractivity contribution in [2.45, 2.75) is 46.2 Å². The highest BCUT2D eigenvalue weighted by molar-refractivity contribution is 5.99. The maximum atomic E-state index is 13.1. The minimum atomic E-state index is -0.384. The zero-order chi connectivity index (χ0) is 19.7. The first-order chi connectivity index (χ1) is 12.8. The molecule has 6 heteroatoms. The summed E-state index contributed by atoms with van der Waals surface area (Å²) in [6.07, 6.45) is 2.65. The molecule has 27 heavy (non-hydrogen) atoms. The summed E-state index contributed by atoms with van der Waals surface area (Å²) in [5, 5.41) is 4.57. The molecule has 2 aromatic rings. The zero-order valence-electron chi connectivity index (χ0n) is 16.8. The molecule has 1 saturated heterocycles. The average molecular weight is 368 g/mol. The minimum absolute atomic E-state index is 0.0160. The van der Waals surface area contributed by atoms with Crippen molar-refractivity contribution < 1.29 is 9.59 Å². The molecule has 0 saturated carbocycles. The van der Waals surface area contributed by atoms with Crippen molar-refractivity contribution in [1.82, 2.24) is 19.6 Å². The number of carbonyl (C=O) groups is 2. The van der Waals surface area contributed by atoms with Crippen LogP contribution in [-0.2, 0) is 4.79 Å². The Morgan fingerprint density at radius 2 is 2.04 bits per heavy atom. The SMILES string of the molecule is CC[C@H]1C(=O)N(C)CCN1C(=O)c1cccc(-c2cn(C(C)C)nc2C)c1. The van der Waals surface area contributed by atoms with Gasteiger partial charge in [-0.05, 0) is 44.9 Å². The van der Waals surface area contributed by atoms with Gasteiger partial charge in [-0.15, -0.1) is 0 Å². The molecule has 0 radical (unpaired) electrons. The van der Waals surface area contributed by atoms with Crippen molar-refractivity contribution in [1.29, 1.82) is 0 Å². The number of piperazine rings is 1. The first-order valence-corrected chi connectivity index (χ1v) is 9.55. The maximum absolute atomic E-state index is 13.1. The first-order valence-electron chi connectivity index (χ1n) is 9.55. The molecular formula is C21H28N4O2. The van der Waals surface area contributed by atoms with E-state index in [2.05, 4.69) is 18.9 Å². The van der Waals surface area contributed by atoms with Crippen LogP contribution in [0.25, 0.3) is 11.1 Å². The van der Waals surface area contributed by atoms with Crippen LogP contribution >= 0.6 is 0 Å². The van der Waals surface area contributed by atoms with Crippen LogP contribution in [0.5, 0.6) is 0 Å². The number of hydrogen-bond donors (Lipinski definition) is 0. The first kappa shape index (κ1) is 19.1. The largest absolute Gasteiger partial charge is 0.342 e. The number of aryl methyl sites for hydroxylation is 1. The van der Waals surface area contributed by atoms with Gasteiger partial charge < -0.3 is 9.80 Å². The molecule has 2 heterocycles. The highest BCUT2D eigenvalue weighted by Gasteiger charge is 2.35. The Bertz CT molecular complexity index is 856. The van der Waals surface area contributed by atoms with Crippen molar-refractivity contribution in [3.05, 3.63) is 41.7 Å². The van der Waals surface area contributed by atoms with Crippen LogP contribution in [0, 0.1) is 6.92 Å². The van der Waals surface area contributed by atoms with Crippen molar-refractivity contribution in [2.24, 2.45) is 0 Å². The summed E-state index contributed by atoms with van der Waals surface area (Å²) in [6, 6.07) is 7.52. The van der Waals surface area contributed by atoms with E-state index >= 15 is 0 Å². The maximum Gasteiger partial charge on any atom is 0.254 e. The molecule has 1 aromatic heterocycles. The van der Waals surface area contributed by atoms with Gasteiger partial charge in [-0.1, -0.05) is 19.1 Å². The highest BCUT2D eigenvalue weighted by Crippen LogP contribution is 2.26. The van der Waals surface area contributed by atoms with Gasteiger partial charge in [0.15, 0.2) is 0 Å². The Morgan fingerprint density at radius 3 is 2.67 bits per heavy atom. The second-order valence-corrected chi connectivity index (χ2v) is 7.47. The summed E-state index contributed by atoms with van der Waals surface area (Å²) < 4.78 is 1.94. The molecule has 0 bridgehead atoms. The van der Waals surface area contributed by atoms with Crippen molar-refractivity contribution >= 4 is 11.8 Å². The molecule has 2 amide bonds. The number of aromatic nitrogens is 2. The third kappa shape index (κ3) is 3.61. The van der Waals surface area contributed by atoms with E-state index in [1.807, 2.05) is 49.0 Å². The number of benzene rings is 1. The van der Waals surface area contributed by atoms with Crippen LogP contribution in [0.2, 0.25) is 0 Å². The summed E-state index contributed by atoms with van der Waals surface area (Å²) in [5.74, 6) is -0.0682. The number of nitrogens with zero attached hydrogens (tertiary/aromatic N) is 4. The molecule has 144 valence electrons. The molecule has 0 N–H and O–H groups in total.